The molecule has 5 nitrogen and oxygen atoms in total. The molecule has 1 atom stereocenters. The highest BCUT2D eigenvalue weighted by molar-refractivity contribution is 8.18. The van der Waals surface area contributed by atoms with Crippen molar-refractivity contribution in [2.45, 2.75) is 11.8 Å². The van der Waals surface area contributed by atoms with Gasteiger partial charge in [-0.2, -0.15) is 0 Å². The zero-order valence-corrected chi connectivity index (χ0v) is 11.1. The Bertz CT molecular complexity index is 532. The Balaban J connectivity index is 2.30. The number of benzene rings is 1. The number of phenols is 2. The Morgan fingerprint density at radius 3 is 2.83 bits per heavy atom. The van der Waals surface area contributed by atoms with Crippen LogP contribution in [0.15, 0.2) is 23.2 Å². The smallest absolute Gasteiger partial charge is 0.367 e. The van der Waals surface area contributed by atoms with E-state index >= 15 is 0 Å². The summed E-state index contributed by atoms with van der Waals surface area (Å²) in [6.45, 7) is 1.74. The van der Waals surface area contributed by atoms with Gasteiger partial charge in [0.2, 0.25) is 0 Å². The number of nitrogens with zero attached hydrogens (tertiary/aromatic N) is 1. The molecular weight excluding hydrogens is 274 g/mol. The molecule has 0 aliphatic carbocycles. The van der Waals surface area contributed by atoms with Crippen molar-refractivity contribution in [3.05, 3.63) is 23.8 Å². The first-order valence-electron chi connectivity index (χ1n) is 5.06. The normalized spacial score (nSPS) is 22.8. The summed E-state index contributed by atoms with van der Waals surface area (Å²) in [6.07, 6.45) is 0. The summed E-state index contributed by atoms with van der Waals surface area (Å²) in [4.78, 5) is 14.3. The topological polar surface area (TPSA) is 90.1 Å². The van der Waals surface area contributed by atoms with Gasteiger partial charge in [0, 0.05) is 17.4 Å². The van der Waals surface area contributed by atoms with Crippen LogP contribution >= 0.6 is 23.5 Å². The average Bonchev–Trinajstić information content (AvgIpc) is 2.59. The quantitative estimate of drug-likeness (QED) is 0.774. The maximum absolute atomic E-state index is 10.7. The lowest BCUT2D eigenvalue weighted by Gasteiger charge is -2.14. The van der Waals surface area contributed by atoms with Gasteiger partial charge in [0.25, 0.3) is 0 Å². The second-order valence-electron chi connectivity index (χ2n) is 3.95. The van der Waals surface area contributed by atoms with Crippen LogP contribution in [-0.2, 0) is 0 Å². The molecule has 1 aliphatic heterocycles. The maximum Gasteiger partial charge on any atom is 0.367 e. The number of aromatic hydroxyl groups is 2. The molecule has 0 fully saturated rings. The van der Waals surface area contributed by atoms with Gasteiger partial charge in [-0.25, -0.2) is 4.79 Å². The monoisotopic (exact) mass is 285 g/mol. The number of carboxylic acid groups (broad SMARTS) is 1. The minimum absolute atomic E-state index is 0.0254. The number of carbonyl (C=O) groups is 1. The molecule has 1 aromatic rings. The number of thioether (sulfide) groups is 2. The summed E-state index contributed by atoms with van der Waals surface area (Å²) < 4.78 is 0. The Morgan fingerprint density at radius 1 is 1.50 bits per heavy atom. The van der Waals surface area contributed by atoms with Crippen LogP contribution in [-0.4, -0.2) is 36.3 Å². The lowest BCUT2D eigenvalue weighted by molar-refractivity contribution is 0.222. The summed E-state index contributed by atoms with van der Waals surface area (Å²) in [5.41, 5.74) is 0.507. The van der Waals surface area contributed by atoms with Crippen molar-refractivity contribution in [1.29, 1.82) is 0 Å². The lowest BCUT2D eigenvalue weighted by atomic mass is 10.2. The van der Waals surface area contributed by atoms with Gasteiger partial charge >= 0.3 is 5.30 Å². The van der Waals surface area contributed by atoms with Gasteiger partial charge in [-0.1, -0.05) is 0 Å². The van der Waals surface area contributed by atoms with Crippen LogP contribution in [0.25, 0.3) is 0 Å². The minimum Gasteiger partial charge on any atom is -0.508 e. The third kappa shape index (κ3) is 2.73. The van der Waals surface area contributed by atoms with Gasteiger partial charge in [0.05, 0.1) is 0 Å². The van der Waals surface area contributed by atoms with E-state index in [1.165, 1.54) is 23.9 Å². The number of aliphatic imine (C=N–C) groups is 1. The van der Waals surface area contributed by atoms with Gasteiger partial charge in [0.1, 0.15) is 21.4 Å². The van der Waals surface area contributed by atoms with Gasteiger partial charge in [0.15, 0.2) is 0 Å². The van der Waals surface area contributed by atoms with Crippen molar-refractivity contribution < 1.29 is 20.1 Å². The summed E-state index contributed by atoms with van der Waals surface area (Å²) in [7, 11) is 0. The van der Waals surface area contributed by atoms with Gasteiger partial charge < -0.3 is 15.3 Å². The first-order chi connectivity index (χ1) is 8.39. The van der Waals surface area contributed by atoms with Gasteiger partial charge in [-0.3, -0.25) is 4.99 Å². The Hall–Kier alpha value is -1.34. The van der Waals surface area contributed by atoms with E-state index in [-0.39, 0.29) is 11.5 Å². The molecule has 0 saturated heterocycles. The van der Waals surface area contributed by atoms with Crippen LogP contribution in [0.3, 0.4) is 0 Å². The van der Waals surface area contributed by atoms with Crippen LogP contribution in [0.2, 0.25) is 0 Å². The summed E-state index contributed by atoms with van der Waals surface area (Å²) in [6, 6.07) is 4.25. The minimum atomic E-state index is -0.974. The van der Waals surface area contributed by atoms with Crippen LogP contribution < -0.4 is 0 Å². The highest BCUT2D eigenvalue weighted by atomic mass is 32.2. The van der Waals surface area contributed by atoms with Crippen molar-refractivity contribution in [2.24, 2.45) is 4.99 Å². The molecule has 1 aromatic carbocycles. The Kier molecular flexibility index (Phi) is 3.45. The number of rotatable bonds is 2. The van der Waals surface area contributed by atoms with Crippen molar-refractivity contribution in [2.75, 3.05) is 5.75 Å². The summed E-state index contributed by atoms with van der Waals surface area (Å²) in [5, 5.41) is 27.3. The van der Waals surface area contributed by atoms with Gasteiger partial charge in [-0.05, 0) is 30.8 Å². The number of hydrogen-bond acceptors (Lipinski definition) is 6. The molecule has 3 N–H and O–H groups in total. The second-order valence-corrected chi connectivity index (χ2v) is 6.35. The van der Waals surface area contributed by atoms with E-state index in [9.17, 15) is 15.0 Å². The first-order valence-corrected chi connectivity index (χ1v) is 6.87. The number of phenolic OH excluding ortho intramolecular Hbond substituents is 2. The standard InChI is InChI=1S/C11H11NO4S2/c1-11(18-10(15)16)5-17-9(12-11)7-3-2-6(13)4-8(7)14/h2-4,13-14H,5H2,1H3,(H,15,16)/t11-/m0/s1. The molecular formula is C11H11NO4S2. The van der Waals surface area contributed by atoms with E-state index in [0.29, 0.717) is 16.4 Å². The van der Waals surface area contributed by atoms with Crippen LogP contribution in [0.5, 0.6) is 11.5 Å². The van der Waals surface area contributed by atoms with E-state index in [4.69, 9.17) is 5.11 Å². The molecule has 0 aromatic heterocycles. The second kappa shape index (κ2) is 4.74. The van der Waals surface area contributed by atoms with E-state index < -0.39 is 10.2 Å². The Morgan fingerprint density at radius 2 is 2.22 bits per heavy atom. The van der Waals surface area contributed by atoms with Crippen molar-refractivity contribution >= 4 is 33.9 Å². The predicted molar refractivity (Wildman–Crippen MR) is 72.8 cm³/mol. The fourth-order valence-electron chi connectivity index (χ4n) is 1.56. The predicted octanol–water partition coefficient (Wildman–Crippen LogP) is 2.72. The largest absolute Gasteiger partial charge is 0.508 e. The first kappa shape index (κ1) is 13.1. The molecule has 1 heterocycles. The molecule has 0 saturated carbocycles. The molecule has 0 unspecified atom stereocenters. The van der Waals surface area contributed by atoms with E-state index in [2.05, 4.69) is 4.99 Å². The van der Waals surface area contributed by atoms with Crippen LogP contribution in [0.1, 0.15) is 12.5 Å². The fourth-order valence-corrected chi connectivity index (χ4v) is 3.61. The van der Waals surface area contributed by atoms with Crippen molar-refractivity contribution in [3.8, 4) is 11.5 Å². The molecule has 0 bridgehead atoms. The molecule has 7 heteroatoms. The Labute approximate surface area is 112 Å². The maximum atomic E-state index is 10.7. The van der Waals surface area contributed by atoms with Crippen molar-refractivity contribution in [1.82, 2.24) is 0 Å². The summed E-state index contributed by atoms with van der Waals surface area (Å²) in [5.74, 6) is 0.438. The zero-order valence-electron chi connectivity index (χ0n) is 9.45. The van der Waals surface area contributed by atoms with E-state index in [1.54, 1.807) is 13.0 Å². The molecule has 18 heavy (non-hydrogen) atoms. The highest BCUT2D eigenvalue weighted by Crippen LogP contribution is 2.40. The zero-order chi connectivity index (χ0) is 13.3. The average molecular weight is 285 g/mol. The summed E-state index contributed by atoms with van der Waals surface area (Å²) >= 11 is 2.14. The lowest BCUT2D eigenvalue weighted by Crippen LogP contribution is -2.18. The number of hydrogen-bond donors (Lipinski definition) is 3. The molecule has 2 rings (SSSR count). The van der Waals surface area contributed by atoms with Crippen molar-refractivity contribution in [3.63, 3.8) is 0 Å². The molecule has 0 spiro atoms. The third-order valence-corrected chi connectivity index (χ3v) is 4.66. The van der Waals surface area contributed by atoms with Crippen LogP contribution in [0.4, 0.5) is 4.79 Å². The molecule has 0 amide bonds. The van der Waals surface area contributed by atoms with Crippen LogP contribution in [0, 0.1) is 0 Å². The molecule has 1 aliphatic rings. The van der Waals surface area contributed by atoms with Gasteiger partial charge in [-0.15, -0.1) is 11.8 Å². The third-order valence-electron chi connectivity index (χ3n) is 2.33. The van der Waals surface area contributed by atoms with E-state index in [1.807, 2.05) is 0 Å². The molecule has 0 radical (unpaired) electrons. The highest BCUT2D eigenvalue weighted by Gasteiger charge is 2.35. The fraction of sp³-hybridized carbons (Fsp3) is 0.273. The SMILES string of the molecule is C[C@]1(SC(=O)O)CSC(c2ccc(O)cc2O)=N1. The van der Waals surface area contributed by atoms with E-state index in [0.717, 1.165) is 11.8 Å². The molecule has 96 valence electrons.